The molecule has 0 bridgehead atoms. The van der Waals surface area contributed by atoms with E-state index in [1.165, 1.54) is 54.9 Å². The summed E-state index contributed by atoms with van der Waals surface area (Å²) in [5.41, 5.74) is 5.63. The molecule has 0 amide bonds. The second-order valence-corrected chi connectivity index (χ2v) is 16.7. The van der Waals surface area contributed by atoms with Crippen LogP contribution in [0, 0.1) is 56.7 Å². The van der Waals surface area contributed by atoms with Crippen molar-refractivity contribution in [3.8, 4) is 0 Å². The molecule has 0 saturated heterocycles. The van der Waals surface area contributed by atoms with Gasteiger partial charge in [-0.25, -0.2) is 4.79 Å². The van der Waals surface area contributed by atoms with Crippen molar-refractivity contribution in [2.24, 2.45) is 56.7 Å². The number of carbonyl (C=O) groups excluding carboxylic acids is 1. The minimum atomic E-state index is -0.919. The molecule has 3 heteroatoms. The van der Waals surface area contributed by atoms with E-state index in [4.69, 9.17) is 5.11 Å². The largest absolute Gasteiger partial charge is 0.478 e. The van der Waals surface area contributed by atoms with Crippen molar-refractivity contribution in [3.63, 3.8) is 0 Å². The molecule has 1 aromatic rings. The second kappa shape index (κ2) is 10.0. The molecule has 4 saturated carbocycles. The van der Waals surface area contributed by atoms with Crippen LogP contribution in [0.1, 0.15) is 117 Å². The molecule has 0 heterocycles. The standard InChI is InChI=1S/C40H54O3/c1-25(2)29-17-22-40(26(3)41)24-23-38(7)31(35(29)40)14-15-33-37(6)20-18-30(36(4,5)32(37)19-21-39(33,38)8)28-12-9-27(10-13-28)11-16-34(42)43/h9-13,16,18,29,31-33,35H,1,14-15,17,19-24H2,2-8H3,(H,42,43)/b16-11+/t29-,31+,32-,33+,35+,37-,38+,39+,40+/m0/s1. The SMILES string of the molecule is C=C(C)[C@@H]1CC[C@]2(C(C)=O)CC[C@]3(C)[C@H](CC[C@@H]4[C@@]5(C)CC=C(c6ccc(/C=C/C(=O)O)cc6)C(C)(C)[C@@H]5CC[C@]43C)[C@@H]12. The monoisotopic (exact) mass is 582 g/mol. The van der Waals surface area contributed by atoms with Crippen LogP contribution in [-0.4, -0.2) is 16.9 Å². The van der Waals surface area contributed by atoms with Crippen LogP contribution in [0.15, 0.2) is 48.6 Å². The first kappa shape index (κ1) is 30.6. The number of aliphatic carboxylic acids is 1. The van der Waals surface area contributed by atoms with E-state index in [2.05, 4.69) is 66.3 Å². The van der Waals surface area contributed by atoms with Gasteiger partial charge in [0.05, 0.1) is 0 Å². The summed E-state index contributed by atoms with van der Waals surface area (Å²) in [5, 5.41) is 9.01. The molecule has 9 atom stereocenters. The summed E-state index contributed by atoms with van der Waals surface area (Å²) in [7, 11) is 0. The molecular weight excluding hydrogens is 528 g/mol. The van der Waals surface area contributed by atoms with Crippen molar-refractivity contribution in [2.75, 3.05) is 0 Å². The molecule has 43 heavy (non-hydrogen) atoms. The van der Waals surface area contributed by atoms with E-state index < -0.39 is 5.97 Å². The predicted molar refractivity (Wildman–Crippen MR) is 176 cm³/mol. The topological polar surface area (TPSA) is 54.4 Å². The summed E-state index contributed by atoms with van der Waals surface area (Å²) in [6.07, 6.45) is 16.1. The molecule has 0 radical (unpaired) electrons. The van der Waals surface area contributed by atoms with Crippen LogP contribution in [0.5, 0.6) is 0 Å². The number of hydrogen-bond donors (Lipinski definition) is 1. The molecule has 0 spiro atoms. The maximum atomic E-state index is 13.4. The van der Waals surface area contributed by atoms with E-state index in [-0.39, 0.29) is 27.1 Å². The van der Waals surface area contributed by atoms with Crippen LogP contribution in [-0.2, 0) is 9.59 Å². The Labute approximate surface area is 260 Å². The van der Waals surface area contributed by atoms with Crippen molar-refractivity contribution in [1.29, 1.82) is 0 Å². The van der Waals surface area contributed by atoms with E-state index in [9.17, 15) is 9.59 Å². The first-order valence-electron chi connectivity index (χ1n) is 17.0. The third-order valence-electron chi connectivity index (χ3n) is 15.0. The van der Waals surface area contributed by atoms with Crippen molar-refractivity contribution >= 4 is 23.4 Å². The van der Waals surface area contributed by atoms with E-state index in [1.54, 1.807) is 6.08 Å². The van der Waals surface area contributed by atoms with Gasteiger partial charge in [-0.15, -0.1) is 0 Å². The van der Waals surface area contributed by atoms with Gasteiger partial charge in [0.1, 0.15) is 5.78 Å². The maximum Gasteiger partial charge on any atom is 0.328 e. The Morgan fingerprint density at radius 2 is 1.56 bits per heavy atom. The quantitative estimate of drug-likeness (QED) is 0.278. The van der Waals surface area contributed by atoms with Crippen molar-refractivity contribution in [2.45, 2.75) is 106 Å². The molecular formula is C40H54O3. The summed E-state index contributed by atoms with van der Waals surface area (Å²) in [5.74, 6) is 2.38. The number of rotatable bonds is 5. The summed E-state index contributed by atoms with van der Waals surface area (Å²) in [4.78, 5) is 24.4. The molecule has 4 fully saturated rings. The molecule has 0 aliphatic heterocycles. The van der Waals surface area contributed by atoms with Gasteiger partial charge in [0, 0.05) is 11.5 Å². The third-order valence-corrected chi connectivity index (χ3v) is 15.0. The minimum absolute atomic E-state index is 0.0529. The van der Waals surface area contributed by atoms with Crippen LogP contribution in [0.2, 0.25) is 0 Å². The lowest BCUT2D eigenvalue weighted by atomic mass is 9.32. The van der Waals surface area contributed by atoms with Gasteiger partial charge in [-0.1, -0.05) is 77.1 Å². The number of ketones is 1. The average Bonchev–Trinajstić information content (AvgIpc) is 3.34. The molecule has 1 aromatic carbocycles. The normalized spacial score (nSPS) is 43.1. The Morgan fingerprint density at radius 3 is 2.19 bits per heavy atom. The number of benzene rings is 1. The van der Waals surface area contributed by atoms with Gasteiger partial charge in [-0.3, -0.25) is 4.79 Å². The lowest BCUT2D eigenvalue weighted by Crippen LogP contribution is -2.65. The molecule has 5 aliphatic carbocycles. The van der Waals surface area contributed by atoms with Crippen molar-refractivity contribution < 1.29 is 14.7 Å². The number of hydrogen-bond acceptors (Lipinski definition) is 2. The van der Waals surface area contributed by atoms with E-state index in [1.807, 2.05) is 19.1 Å². The number of carbonyl (C=O) groups is 2. The summed E-state index contributed by atoms with van der Waals surface area (Å²) in [6, 6.07) is 8.45. The van der Waals surface area contributed by atoms with Gasteiger partial charge >= 0.3 is 5.97 Å². The molecule has 6 rings (SSSR count). The molecule has 5 aliphatic rings. The Kier molecular flexibility index (Phi) is 7.15. The van der Waals surface area contributed by atoms with Gasteiger partial charge in [-0.05, 0) is 146 Å². The minimum Gasteiger partial charge on any atom is -0.478 e. The Bertz CT molecular complexity index is 1390. The highest BCUT2D eigenvalue weighted by atomic mass is 16.4. The number of fused-ring (bicyclic) bond motifs is 7. The molecule has 232 valence electrons. The van der Waals surface area contributed by atoms with E-state index in [0.717, 1.165) is 31.2 Å². The van der Waals surface area contributed by atoms with Gasteiger partial charge < -0.3 is 5.11 Å². The van der Waals surface area contributed by atoms with Gasteiger partial charge in [0.15, 0.2) is 0 Å². The van der Waals surface area contributed by atoms with Gasteiger partial charge in [-0.2, -0.15) is 0 Å². The molecule has 3 nitrogen and oxygen atoms in total. The molecule has 1 N–H and O–H groups in total. The zero-order valence-corrected chi connectivity index (χ0v) is 27.8. The number of carboxylic acid groups (broad SMARTS) is 1. The first-order valence-corrected chi connectivity index (χ1v) is 17.0. The van der Waals surface area contributed by atoms with Gasteiger partial charge in [0.25, 0.3) is 0 Å². The van der Waals surface area contributed by atoms with Crippen molar-refractivity contribution in [3.05, 3.63) is 59.7 Å². The Balaban J connectivity index is 1.34. The fraction of sp³-hybridized carbons (Fsp3) is 0.650. The van der Waals surface area contributed by atoms with Crippen LogP contribution >= 0.6 is 0 Å². The number of Topliss-reactive ketones (excluding diaryl/α,β-unsaturated/α-hetero) is 1. The fourth-order valence-corrected chi connectivity index (χ4v) is 12.8. The highest BCUT2D eigenvalue weighted by Gasteiger charge is 2.71. The van der Waals surface area contributed by atoms with Crippen LogP contribution in [0.4, 0.5) is 0 Å². The maximum absolute atomic E-state index is 13.4. The smallest absolute Gasteiger partial charge is 0.328 e. The molecule has 0 aromatic heterocycles. The molecule has 0 unspecified atom stereocenters. The second-order valence-electron chi connectivity index (χ2n) is 16.7. The third kappa shape index (κ3) is 4.18. The average molecular weight is 583 g/mol. The number of carboxylic acids is 1. The van der Waals surface area contributed by atoms with Gasteiger partial charge in [0.2, 0.25) is 0 Å². The lowest BCUT2D eigenvalue weighted by Gasteiger charge is -2.72. The van der Waals surface area contributed by atoms with E-state index in [0.29, 0.717) is 35.4 Å². The highest BCUT2D eigenvalue weighted by molar-refractivity contribution is 5.85. The van der Waals surface area contributed by atoms with E-state index >= 15 is 0 Å². The Hall–Kier alpha value is -2.42. The Morgan fingerprint density at radius 1 is 0.860 bits per heavy atom. The van der Waals surface area contributed by atoms with Crippen LogP contribution < -0.4 is 0 Å². The fourth-order valence-electron chi connectivity index (χ4n) is 12.8. The highest BCUT2D eigenvalue weighted by Crippen LogP contribution is 2.77. The van der Waals surface area contributed by atoms with Crippen LogP contribution in [0.25, 0.3) is 11.6 Å². The summed E-state index contributed by atoms with van der Waals surface area (Å²) in [6.45, 7) is 21.5. The zero-order valence-electron chi connectivity index (χ0n) is 27.8. The summed E-state index contributed by atoms with van der Waals surface area (Å²) >= 11 is 0. The summed E-state index contributed by atoms with van der Waals surface area (Å²) < 4.78 is 0. The van der Waals surface area contributed by atoms with Crippen molar-refractivity contribution in [1.82, 2.24) is 0 Å². The first-order chi connectivity index (χ1) is 20.1. The van der Waals surface area contributed by atoms with Crippen LogP contribution in [0.3, 0.4) is 0 Å². The zero-order chi connectivity index (χ0) is 31.2. The predicted octanol–water partition coefficient (Wildman–Crippen LogP) is 10.0. The number of allylic oxidation sites excluding steroid dienone is 3. The lowest BCUT2D eigenvalue weighted by molar-refractivity contribution is -0.224.